The predicted molar refractivity (Wildman–Crippen MR) is 101 cm³/mol. The number of nitrogens with one attached hydrogen (secondary N) is 2. The van der Waals surface area contributed by atoms with E-state index in [9.17, 15) is 9.59 Å². The molecule has 0 radical (unpaired) electrons. The van der Waals surface area contributed by atoms with Crippen LogP contribution in [0.1, 0.15) is 55.3 Å². The highest BCUT2D eigenvalue weighted by Crippen LogP contribution is 2.43. The SMILES string of the molecule is O=C1NC2(COC3(CCN(C(=O)C4CCCC4)CC3)C2)Nc2ccccc21. The predicted octanol–water partition coefficient (Wildman–Crippen LogP) is 2.51. The molecule has 3 fully saturated rings. The maximum Gasteiger partial charge on any atom is 0.255 e. The molecule has 5 rings (SSSR count). The third-order valence-electron chi connectivity index (χ3n) is 6.84. The van der Waals surface area contributed by atoms with Crippen LogP contribution < -0.4 is 10.6 Å². The standard InChI is InChI=1S/C21H27N3O3/c25-18-16-7-3-4-8-17(16)22-21(23-18)13-20(27-14-21)9-11-24(12-10-20)19(26)15-5-1-2-6-15/h3-4,7-8,15,22H,1-2,5-6,9-14H2,(H,23,25). The number of hydrogen-bond donors (Lipinski definition) is 2. The highest BCUT2D eigenvalue weighted by atomic mass is 16.5. The van der Waals surface area contributed by atoms with Crippen molar-refractivity contribution >= 4 is 17.5 Å². The first-order valence-corrected chi connectivity index (χ1v) is 10.2. The van der Waals surface area contributed by atoms with E-state index in [4.69, 9.17) is 4.74 Å². The lowest BCUT2D eigenvalue weighted by molar-refractivity contribution is -0.140. The maximum atomic E-state index is 12.7. The topological polar surface area (TPSA) is 70.7 Å². The molecule has 27 heavy (non-hydrogen) atoms. The third-order valence-corrected chi connectivity index (χ3v) is 6.84. The molecule has 2 amide bonds. The van der Waals surface area contributed by atoms with Gasteiger partial charge in [0.2, 0.25) is 5.91 Å². The molecule has 1 unspecified atom stereocenters. The van der Waals surface area contributed by atoms with E-state index in [0.717, 1.165) is 50.9 Å². The van der Waals surface area contributed by atoms with Gasteiger partial charge in [0.15, 0.2) is 0 Å². The first-order valence-electron chi connectivity index (χ1n) is 10.2. The van der Waals surface area contributed by atoms with Crippen LogP contribution in [0.4, 0.5) is 5.69 Å². The molecule has 1 atom stereocenters. The largest absolute Gasteiger partial charge is 0.370 e. The number of nitrogens with zero attached hydrogens (tertiary/aromatic N) is 1. The van der Waals surface area contributed by atoms with Gasteiger partial charge in [-0.25, -0.2) is 0 Å². The molecule has 2 saturated heterocycles. The van der Waals surface area contributed by atoms with Crippen molar-refractivity contribution < 1.29 is 14.3 Å². The number of benzene rings is 1. The molecule has 1 aliphatic carbocycles. The normalized spacial score (nSPS) is 29.6. The molecular formula is C21H27N3O3. The lowest BCUT2D eigenvalue weighted by Gasteiger charge is -2.41. The summed E-state index contributed by atoms with van der Waals surface area (Å²) in [6.07, 6.45) is 6.90. The van der Waals surface area contributed by atoms with Crippen LogP contribution in [0.3, 0.4) is 0 Å². The van der Waals surface area contributed by atoms with Crippen molar-refractivity contribution in [3.63, 3.8) is 0 Å². The second-order valence-corrected chi connectivity index (χ2v) is 8.66. The Morgan fingerprint density at radius 1 is 1.11 bits per heavy atom. The van der Waals surface area contributed by atoms with Gasteiger partial charge < -0.3 is 20.3 Å². The Hall–Kier alpha value is -2.08. The molecule has 0 aromatic heterocycles. The van der Waals surface area contributed by atoms with Crippen LogP contribution in [0.5, 0.6) is 0 Å². The number of carbonyl (C=O) groups excluding carboxylic acids is 2. The lowest BCUT2D eigenvalue weighted by atomic mass is 9.84. The minimum atomic E-state index is -0.539. The van der Waals surface area contributed by atoms with E-state index >= 15 is 0 Å². The number of piperidine rings is 1. The van der Waals surface area contributed by atoms with Crippen molar-refractivity contribution in [2.24, 2.45) is 5.92 Å². The van der Waals surface area contributed by atoms with E-state index in [1.54, 1.807) is 0 Å². The molecule has 3 heterocycles. The Labute approximate surface area is 159 Å². The van der Waals surface area contributed by atoms with Gasteiger partial charge in [-0.3, -0.25) is 9.59 Å². The Morgan fingerprint density at radius 2 is 1.85 bits per heavy atom. The van der Waals surface area contributed by atoms with Gasteiger partial charge >= 0.3 is 0 Å². The van der Waals surface area contributed by atoms with Crippen LogP contribution in [0.25, 0.3) is 0 Å². The van der Waals surface area contributed by atoms with Crippen LogP contribution in [0.2, 0.25) is 0 Å². The third kappa shape index (κ3) is 2.90. The molecule has 1 aromatic carbocycles. The molecule has 1 aromatic rings. The number of anilines is 1. The van der Waals surface area contributed by atoms with Gasteiger partial charge in [-0.2, -0.15) is 0 Å². The number of amides is 2. The summed E-state index contributed by atoms with van der Waals surface area (Å²) in [5.74, 6) is 0.539. The van der Waals surface area contributed by atoms with Crippen LogP contribution >= 0.6 is 0 Å². The number of para-hydroxylation sites is 1. The monoisotopic (exact) mass is 369 g/mol. The summed E-state index contributed by atoms with van der Waals surface area (Å²) >= 11 is 0. The molecule has 6 nitrogen and oxygen atoms in total. The zero-order valence-electron chi connectivity index (χ0n) is 15.6. The average Bonchev–Trinajstić information content (AvgIpc) is 3.31. The van der Waals surface area contributed by atoms with Gasteiger partial charge in [0.05, 0.1) is 17.8 Å². The summed E-state index contributed by atoms with van der Waals surface area (Å²) in [5, 5.41) is 6.66. The second kappa shape index (κ2) is 6.23. The minimum absolute atomic E-state index is 0.0427. The van der Waals surface area contributed by atoms with Crippen molar-refractivity contribution in [1.82, 2.24) is 10.2 Å². The first kappa shape index (κ1) is 17.0. The number of carbonyl (C=O) groups is 2. The van der Waals surface area contributed by atoms with Gasteiger partial charge in [0, 0.05) is 31.1 Å². The molecule has 2 spiro atoms. The van der Waals surface area contributed by atoms with Crippen molar-refractivity contribution in [1.29, 1.82) is 0 Å². The van der Waals surface area contributed by atoms with Crippen molar-refractivity contribution in [3.05, 3.63) is 29.8 Å². The molecule has 2 N–H and O–H groups in total. The summed E-state index contributed by atoms with van der Waals surface area (Å²) in [6, 6.07) is 7.60. The maximum absolute atomic E-state index is 12.7. The van der Waals surface area contributed by atoms with Gasteiger partial charge in [0.25, 0.3) is 5.91 Å². The van der Waals surface area contributed by atoms with Crippen LogP contribution in [0, 0.1) is 5.92 Å². The number of hydrogen-bond acceptors (Lipinski definition) is 4. The Bertz CT molecular complexity index is 766. The van der Waals surface area contributed by atoms with Crippen molar-refractivity contribution in [2.45, 2.75) is 56.2 Å². The second-order valence-electron chi connectivity index (χ2n) is 8.66. The summed E-state index contributed by atoms with van der Waals surface area (Å²) in [4.78, 5) is 27.3. The molecule has 3 aliphatic heterocycles. The molecule has 1 saturated carbocycles. The molecule has 4 aliphatic rings. The average molecular weight is 369 g/mol. The van der Waals surface area contributed by atoms with E-state index in [1.807, 2.05) is 29.2 Å². The first-order chi connectivity index (χ1) is 13.1. The highest BCUT2D eigenvalue weighted by Gasteiger charge is 2.53. The number of fused-ring (bicyclic) bond motifs is 1. The summed E-state index contributed by atoms with van der Waals surface area (Å²) < 4.78 is 6.28. The fraction of sp³-hybridized carbons (Fsp3) is 0.619. The quantitative estimate of drug-likeness (QED) is 0.798. The Balaban J connectivity index is 1.26. The minimum Gasteiger partial charge on any atom is -0.370 e. The zero-order chi connectivity index (χ0) is 18.5. The highest BCUT2D eigenvalue weighted by molar-refractivity contribution is 6.02. The van der Waals surface area contributed by atoms with Gasteiger partial charge in [-0.1, -0.05) is 25.0 Å². The number of ether oxygens (including phenoxy) is 1. The smallest absolute Gasteiger partial charge is 0.255 e. The zero-order valence-corrected chi connectivity index (χ0v) is 15.6. The van der Waals surface area contributed by atoms with Gasteiger partial charge in [-0.05, 0) is 37.8 Å². The van der Waals surface area contributed by atoms with Gasteiger partial charge in [0.1, 0.15) is 5.66 Å². The lowest BCUT2D eigenvalue weighted by Crippen LogP contribution is -2.59. The fourth-order valence-electron chi connectivity index (χ4n) is 5.34. The molecular weight excluding hydrogens is 342 g/mol. The number of rotatable bonds is 1. The van der Waals surface area contributed by atoms with Crippen LogP contribution in [-0.2, 0) is 9.53 Å². The van der Waals surface area contributed by atoms with E-state index in [1.165, 1.54) is 12.8 Å². The number of likely N-dealkylation sites (tertiary alicyclic amines) is 1. The summed E-state index contributed by atoms with van der Waals surface area (Å²) in [5.41, 5.74) is 0.763. The van der Waals surface area contributed by atoms with Crippen molar-refractivity contribution in [2.75, 3.05) is 25.0 Å². The van der Waals surface area contributed by atoms with E-state index in [2.05, 4.69) is 10.6 Å². The van der Waals surface area contributed by atoms with E-state index in [-0.39, 0.29) is 17.4 Å². The van der Waals surface area contributed by atoms with Crippen LogP contribution in [-0.4, -0.2) is 47.7 Å². The summed E-state index contributed by atoms with van der Waals surface area (Å²) in [6.45, 7) is 1.98. The fourth-order valence-corrected chi connectivity index (χ4v) is 5.34. The summed E-state index contributed by atoms with van der Waals surface area (Å²) in [7, 11) is 0. The van der Waals surface area contributed by atoms with Crippen LogP contribution in [0.15, 0.2) is 24.3 Å². The van der Waals surface area contributed by atoms with E-state index in [0.29, 0.717) is 18.1 Å². The van der Waals surface area contributed by atoms with Crippen molar-refractivity contribution in [3.8, 4) is 0 Å². The van der Waals surface area contributed by atoms with E-state index < -0.39 is 5.66 Å². The molecule has 6 heteroatoms. The Morgan fingerprint density at radius 3 is 2.63 bits per heavy atom. The molecule has 144 valence electrons. The Kier molecular flexibility index (Phi) is 3.93. The molecule has 0 bridgehead atoms. The van der Waals surface area contributed by atoms with Gasteiger partial charge in [-0.15, -0.1) is 0 Å².